The van der Waals surface area contributed by atoms with Gasteiger partial charge in [0, 0.05) is 157 Å². The van der Waals surface area contributed by atoms with E-state index in [4.69, 9.17) is 14.7 Å². The molecular weight excluding hydrogens is 1760 g/mol. The summed E-state index contributed by atoms with van der Waals surface area (Å²) in [5.74, 6) is 28.7. The quantitative estimate of drug-likeness (QED) is 0.0975. The Labute approximate surface area is 767 Å². The normalized spacial score (nSPS) is 12.4. The predicted molar refractivity (Wildman–Crippen MR) is 496 cm³/mol. The van der Waals surface area contributed by atoms with Gasteiger partial charge in [0.1, 0.15) is 62.9 Å². The molecule has 0 spiro atoms. The SMILES string of the molecule is Brc1ccc2c(c1)CN(c1nccc(-c3nccc(C#Cc4ccc5[nH]ncc5c4)n3)n1)C2.COc1ccc2c(c1)CN(c1nccc(-c3nccc(C#Cc4cnc5[nH]ncc5c4)n3)n1)C2.Fc1ccc2c(c1)CN(c1nccc(-c3nccc(C#Cc4ccc5n[nH]c(F)c5c4)n3)n1)C2.Fc1ccc2c(c1)CN(c1nccc(-c3nccc(C#Cc4cnc5[nH]ncc5c4)n3)n1)C2. The number of rotatable bonds is 9. The van der Waals surface area contributed by atoms with E-state index in [1.54, 1.807) is 173 Å². The zero-order chi connectivity index (χ0) is 90.4. The Bertz CT molecular complexity index is 8010. The van der Waals surface area contributed by atoms with Gasteiger partial charge >= 0.3 is 0 Å². The highest BCUT2D eigenvalue weighted by Crippen LogP contribution is 2.35. The van der Waals surface area contributed by atoms with E-state index in [9.17, 15) is 13.2 Å². The molecule has 14 aromatic heterocycles. The van der Waals surface area contributed by atoms with Crippen molar-refractivity contribution in [3.63, 3.8) is 0 Å². The maximum absolute atomic E-state index is 13.8. The van der Waals surface area contributed by atoms with Crippen LogP contribution in [0.15, 0.2) is 255 Å². The lowest BCUT2D eigenvalue weighted by Crippen LogP contribution is -2.17. The van der Waals surface area contributed by atoms with Crippen molar-refractivity contribution in [2.45, 2.75) is 52.4 Å². The standard InChI is InChI=1S/C25H16BrN7.C25H15F2N7.C25H18N8O.C24H15FN8/c26-20-4-3-17-14-33(15-19(17)12-20)25-28-10-8-23(31-25)24-27-9-7-21(30-24)5-1-16-2-6-22-18(11-16)13-29-32-22;26-18-4-3-16-13-34(14-17(16)12-18)25-29-10-8-22(31-25)24-28-9-7-19(30-24)5-1-15-2-6-21-20(11-15)23(27)33-32-21;1-34-21-5-3-17-14-33(15-19(17)11-21)25-27-9-7-22(31-25)24-26-8-6-20(30-24)4-2-16-10-18-13-29-32-23(18)28-12-16;25-19-3-2-16-13-33(14-18(16)10-19)24-27-8-6-21(31-24)23-26-7-5-20(30-23)4-1-15-9-17-12-29-32-22(17)28-11-15/h2-4,6-13H,14-15H2,(H,29,32);2-4,6-12H,13-14H2,(H,32,33);3,5-13H,14-15H2,1H3,(H,28,29,32);2-3,5-12H,13-14H2,(H,28,29,32). The van der Waals surface area contributed by atoms with Crippen LogP contribution in [-0.2, 0) is 52.4 Å². The van der Waals surface area contributed by atoms with Gasteiger partial charge in [0.05, 0.1) is 42.1 Å². The molecular formula is C99H64BrF3N30O. The molecule has 6 aromatic carbocycles. The molecule has 24 rings (SSSR count). The minimum Gasteiger partial charge on any atom is -0.497 e. The van der Waals surface area contributed by atoms with E-state index in [2.05, 4.69) is 224 Å². The van der Waals surface area contributed by atoms with E-state index < -0.39 is 5.95 Å². The summed E-state index contributed by atoms with van der Waals surface area (Å²) in [4.78, 5) is 89.1. The van der Waals surface area contributed by atoms with Crippen LogP contribution in [0.5, 0.6) is 5.75 Å². The summed E-state index contributed by atoms with van der Waals surface area (Å²) in [7, 11) is 1.68. The summed E-state index contributed by atoms with van der Waals surface area (Å²) in [6.07, 6.45) is 22.1. The van der Waals surface area contributed by atoms with E-state index >= 15 is 0 Å². The Balaban J connectivity index is 0.000000107. The molecule has 644 valence electrons. The van der Waals surface area contributed by atoms with Gasteiger partial charge < -0.3 is 24.3 Å². The highest BCUT2D eigenvalue weighted by atomic mass is 79.9. The summed E-state index contributed by atoms with van der Waals surface area (Å²) in [6.45, 7) is 5.32. The third-order valence-corrected chi connectivity index (χ3v) is 22.4. The van der Waals surface area contributed by atoms with Gasteiger partial charge in [0.15, 0.2) is 34.6 Å². The number of halogens is 4. The minimum absolute atomic E-state index is 0.239. The van der Waals surface area contributed by atoms with Gasteiger partial charge in [-0.3, -0.25) is 20.4 Å². The summed E-state index contributed by atoms with van der Waals surface area (Å²) < 4.78 is 47.3. The number of fused-ring (bicyclic) bond motifs is 8. The number of H-pyrrole nitrogens is 4. The number of aromatic nitrogens is 26. The first-order valence-corrected chi connectivity index (χ1v) is 42.5. The maximum Gasteiger partial charge on any atom is 0.226 e. The number of anilines is 4. The van der Waals surface area contributed by atoms with Crippen LogP contribution in [0.25, 0.3) is 89.9 Å². The van der Waals surface area contributed by atoms with Crippen molar-refractivity contribution in [1.29, 1.82) is 0 Å². The van der Waals surface area contributed by atoms with Crippen molar-refractivity contribution < 1.29 is 17.9 Å². The van der Waals surface area contributed by atoms with Gasteiger partial charge in [0.2, 0.25) is 29.7 Å². The lowest BCUT2D eigenvalue weighted by molar-refractivity contribution is 0.414. The molecule has 0 saturated carbocycles. The predicted octanol–water partition coefficient (Wildman–Crippen LogP) is 14.9. The molecule has 31 nitrogen and oxygen atoms in total. The number of nitrogens with zero attached hydrogens (tertiary/aromatic N) is 26. The zero-order valence-electron chi connectivity index (χ0n) is 70.4. The second-order valence-corrected chi connectivity index (χ2v) is 31.7. The number of pyridine rings is 2. The first kappa shape index (κ1) is 82.6. The molecule has 0 radical (unpaired) electrons. The molecule has 4 aliphatic heterocycles. The van der Waals surface area contributed by atoms with Crippen LogP contribution in [0.4, 0.5) is 37.0 Å². The van der Waals surface area contributed by atoms with Gasteiger partial charge in [-0.05, 0) is 214 Å². The number of hydrogen-bond acceptors (Lipinski definition) is 27. The number of benzene rings is 6. The van der Waals surface area contributed by atoms with Crippen molar-refractivity contribution in [2.24, 2.45) is 0 Å². The van der Waals surface area contributed by atoms with Crippen LogP contribution in [0, 0.1) is 64.9 Å². The zero-order valence-corrected chi connectivity index (χ0v) is 72.0. The number of hydrogen-bond donors (Lipinski definition) is 4. The molecule has 20 aromatic rings. The third-order valence-electron chi connectivity index (χ3n) is 21.9. The average Bonchev–Trinajstić information content (AvgIpc) is 1.65. The largest absolute Gasteiger partial charge is 0.497 e. The molecule has 0 aliphatic carbocycles. The Hall–Kier alpha value is -18.4. The van der Waals surface area contributed by atoms with Gasteiger partial charge in [-0.1, -0.05) is 63.9 Å². The minimum atomic E-state index is -0.492. The van der Waals surface area contributed by atoms with Crippen LogP contribution in [0.3, 0.4) is 0 Å². The lowest BCUT2D eigenvalue weighted by atomic mass is 10.1. The van der Waals surface area contributed by atoms with Crippen molar-refractivity contribution in [3.05, 3.63) is 362 Å². The molecule has 4 N–H and O–H groups in total. The number of aromatic amines is 4. The summed E-state index contributed by atoms with van der Waals surface area (Å²) in [6, 6.07) is 51.1. The van der Waals surface area contributed by atoms with E-state index in [1.165, 1.54) is 34.4 Å². The highest BCUT2D eigenvalue weighted by molar-refractivity contribution is 9.10. The topological polar surface area (TPSA) is 369 Å². The van der Waals surface area contributed by atoms with Crippen molar-refractivity contribution in [3.8, 4) is 99.2 Å². The molecule has 18 heterocycles. The second kappa shape index (κ2) is 36.8. The molecule has 0 saturated heterocycles. The Morgan fingerprint density at radius 3 is 1.14 bits per heavy atom. The van der Waals surface area contributed by atoms with E-state index in [0.29, 0.717) is 135 Å². The average molecular weight is 1830 g/mol. The van der Waals surface area contributed by atoms with Gasteiger partial charge in [-0.15, -0.1) is 0 Å². The molecule has 0 fully saturated rings. The summed E-state index contributed by atoms with van der Waals surface area (Å²) in [5.41, 5.74) is 19.8. The molecule has 134 heavy (non-hydrogen) atoms. The number of ether oxygens (including phenoxy) is 1. The smallest absolute Gasteiger partial charge is 0.226 e. The van der Waals surface area contributed by atoms with Crippen LogP contribution in [0.1, 0.15) is 89.5 Å². The fourth-order valence-corrected chi connectivity index (χ4v) is 15.7. The van der Waals surface area contributed by atoms with Crippen LogP contribution >= 0.6 is 15.9 Å². The molecule has 0 amide bonds. The van der Waals surface area contributed by atoms with Crippen LogP contribution in [-0.4, -0.2) is 138 Å². The fourth-order valence-electron chi connectivity index (χ4n) is 15.3. The molecule has 4 aliphatic rings. The highest BCUT2D eigenvalue weighted by Gasteiger charge is 2.28. The Kier molecular flexibility index (Phi) is 22.7. The van der Waals surface area contributed by atoms with E-state index in [-0.39, 0.29) is 11.6 Å². The van der Waals surface area contributed by atoms with E-state index in [1.807, 2.05) is 52.3 Å². The Morgan fingerprint density at radius 2 is 0.687 bits per heavy atom. The van der Waals surface area contributed by atoms with Gasteiger partial charge in [0.25, 0.3) is 0 Å². The third kappa shape index (κ3) is 18.6. The van der Waals surface area contributed by atoms with Crippen LogP contribution < -0.4 is 24.3 Å². The molecule has 0 atom stereocenters. The van der Waals surface area contributed by atoms with E-state index in [0.717, 1.165) is 108 Å². The van der Waals surface area contributed by atoms with Gasteiger partial charge in [-0.2, -0.15) is 24.8 Å². The molecule has 0 unspecified atom stereocenters. The molecule has 35 heteroatoms. The molecule has 0 bridgehead atoms. The van der Waals surface area contributed by atoms with Crippen molar-refractivity contribution in [1.82, 2.24) is 131 Å². The number of methoxy groups -OCH3 is 1. The summed E-state index contributed by atoms with van der Waals surface area (Å²) >= 11 is 3.54. The van der Waals surface area contributed by atoms with Gasteiger partial charge in [-0.25, -0.2) is 98.5 Å². The second-order valence-electron chi connectivity index (χ2n) is 30.8. The maximum atomic E-state index is 13.8. The monoisotopic (exact) mass is 1820 g/mol. The first-order chi connectivity index (χ1) is 65.8. The summed E-state index contributed by atoms with van der Waals surface area (Å²) in [5, 5.41) is 30.0. The van der Waals surface area contributed by atoms with Crippen molar-refractivity contribution in [2.75, 3.05) is 26.7 Å². The van der Waals surface area contributed by atoms with Crippen molar-refractivity contribution >= 4 is 83.6 Å². The lowest BCUT2D eigenvalue weighted by Gasteiger charge is -2.15. The number of nitrogens with one attached hydrogen (secondary N) is 4. The fraction of sp³-hybridized carbons (Fsp3) is 0.0909. The first-order valence-electron chi connectivity index (χ1n) is 41.7. The van der Waals surface area contributed by atoms with Crippen LogP contribution in [0.2, 0.25) is 0 Å². The Morgan fingerprint density at radius 1 is 0.313 bits per heavy atom.